The van der Waals surface area contributed by atoms with Gasteiger partial charge < -0.3 is 21.1 Å². The summed E-state index contributed by atoms with van der Waals surface area (Å²) in [5.41, 5.74) is 7.02. The van der Waals surface area contributed by atoms with Crippen LogP contribution >= 0.6 is 12.4 Å². The number of benzene rings is 1. The highest BCUT2D eigenvalue weighted by Gasteiger charge is 2.16. The molecule has 0 unspecified atom stereocenters. The third-order valence-corrected chi connectivity index (χ3v) is 3.64. The minimum Gasteiger partial charge on any atom is -0.497 e. The summed E-state index contributed by atoms with van der Waals surface area (Å²) in [4.78, 5) is 24.1. The Bertz CT molecular complexity index is 746. The van der Waals surface area contributed by atoms with Crippen LogP contribution in [-0.4, -0.2) is 34.7 Å². The van der Waals surface area contributed by atoms with Crippen molar-refractivity contribution in [1.82, 2.24) is 9.78 Å². The Hall–Kier alpha value is -2.58. The van der Waals surface area contributed by atoms with Crippen LogP contribution in [0.2, 0.25) is 0 Å². The van der Waals surface area contributed by atoms with E-state index >= 15 is 0 Å². The zero-order valence-corrected chi connectivity index (χ0v) is 16.5. The first-order valence-corrected chi connectivity index (χ1v) is 8.40. The van der Waals surface area contributed by atoms with E-state index in [1.54, 1.807) is 37.6 Å². The second-order valence-corrected chi connectivity index (χ2v) is 6.43. The van der Waals surface area contributed by atoms with Gasteiger partial charge >= 0.3 is 0 Å². The van der Waals surface area contributed by atoms with Crippen LogP contribution in [-0.2, 0) is 16.1 Å². The minimum atomic E-state index is -0.572. The summed E-state index contributed by atoms with van der Waals surface area (Å²) in [6.45, 7) is 4.04. The smallest absolute Gasteiger partial charge is 0.246 e. The Morgan fingerprint density at radius 2 is 1.85 bits per heavy atom. The molecule has 0 saturated carbocycles. The average molecular weight is 396 g/mol. The maximum atomic E-state index is 12.1. The normalized spacial score (nSPS) is 11.4. The number of ether oxygens (including phenoxy) is 1. The van der Waals surface area contributed by atoms with E-state index in [4.69, 9.17) is 10.5 Å². The Balaban J connectivity index is 0.00000364. The van der Waals surface area contributed by atoms with E-state index in [0.717, 1.165) is 0 Å². The predicted molar refractivity (Wildman–Crippen MR) is 107 cm³/mol. The molecule has 8 nitrogen and oxygen atoms in total. The third kappa shape index (κ3) is 7.28. The molecule has 1 heterocycles. The molecule has 0 aliphatic rings. The summed E-state index contributed by atoms with van der Waals surface area (Å²) in [7, 11) is 1.58. The Kier molecular flexibility index (Phi) is 8.77. The Morgan fingerprint density at radius 3 is 2.44 bits per heavy atom. The fourth-order valence-corrected chi connectivity index (χ4v) is 2.39. The standard InChI is InChI=1S/C18H25N5O3.ClH/c1-12(2)8-16(19)18(25)22-14-9-20-23(10-14)11-17(24)21-13-4-6-15(26-3)7-5-13;/h4-7,9-10,12,16H,8,11,19H2,1-3H3,(H,21,24)(H,22,25);1H/t16-;/m0./s1. The molecule has 0 saturated heterocycles. The van der Waals surface area contributed by atoms with Gasteiger partial charge in [-0.1, -0.05) is 13.8 Å². The molecule has 2 aromatic rings. The van der Waals surface area contributed by atoms with Crippen LogP contribution in [0, 0.1) is 5.92 Å². The molecule has 2 rings (SSSR count). The predicted octanol–water partition coefficient (Wildman–Crippen LogP) is 2.26. The fraction of sp³-hybridized carbons (Fsp3) is 0.389. The van der Waals surface area contributed by atoms with E-state index in [1.807, 2.05) is 13.8 Å². The molecule has 0 spiro atoms. The molecule has 1 atom stereocenters. The van der Waals surface area contributed by atoms with Crippen LogP contribution in [0.3, 0.4) is 0 Å². The van der Waals surface area contributed by atoms with E-state index < -0.39 is 6.04 Å². The van der Waals surface area contributed by atoms with Gasteiger partial charge in [-0.25, -0.2) is 0 Å². The highest BCUT2D eigenvalue weighted by atomic mass is 35.5. The fourth-order valence-electron chi connectivity index (χ4n) is 2.39. The van der Waals surface area contributed by atoms with Crippen molar-refractivity contribution in [1.29, 1.82) is 0 Å². The second kappa shape index (κ2) is 10.5. The first kappa shape index (κ1) is 22.5. The molecule has 4 N–H and O–H groups in total. The maximum absolute atomic E-state index is 12.1. The number of nitrogens with two attached hydrogens (primary N) is 1. The van der Waals surface area contributed by atoms with Gasteiger partial charge in [0.15, 0.2) is 0 Å². The van der Waals surface area contributed by atoms with Crippen molar-refractivity contribution in [3.63, 3.8) is 0 Å². The largest absolute Gasteiger partial charge is 0.497 e. The number of carbonyl (C=O) groups is 2. The SMILES string of the molecule is COc1ccc(NC(=O)Cn2cc(NC(=O)[C@@H](N)CC(C)C)cn2)cc1.Cl. The number of halogens is 1. The summed E-state index contributed by atoms with van der Waals surface area (Å²) < 4.78 is 6.52. The van der Waals surface area contributed by atoms with Crippen molar-refractivity contribution in [2.24, 2.45) is 11.7 Å². The van der Waals surface area contributed by atoms with Crippen LogP contribution in [0.5, 0.6) is 5.75 Å². The van der Waals surface area contributed by atoms with E-state index in [2.05, 4.69) is 15.7 Å². The van der Waals surface area contributed by atoms with Crippen molar-refractivity contribution in [2.45, 2.75) is 32.9 Å². The molecule has 0 fully saturated rings. The number of nitrogens with one attached hydrogen (secondary N) is 2. The number of aromatic nitrogens is 2. The summed E-state index contributed by atoms with van der Waals surface area (Å²) in [5.74, 6) is 0.555. The van der Waals surface area contributed by atoms with Gasteiger partial charge in [-0.15, -0.1) is 12.4 Å². The highest BCUT2D eigenvalue weighted by Crippen LogP contribution is 2.15. The molecular formula is C18H26ClN5O3. The quantitative estimate of drug-likeness (QED) is 0.634. The molecule has 0 aliphatic heterocycles. The average Bonchev–Trinajstić information content (AvgIpc) is 3.01. The van der Waals surface area contributed by atoms with E-state index in [0.29, 0.717) is 29.5 Å². The first-order valence-electron chi connectivity index (χ1n) is 8.40. The molecule has 0 aliphatic carbocycles. The lowest BCUT2D eigenvalue weighted by Gasteiger charge is -2.13. The number of hydrogen-bond acceptors (Lipinski definition) is 5. The zero-order valence-electron chi connectivity index (χ0n) is 15.6. The van der Waals surface area contributed by atoms with Crippen molar-refractivity contribution < 1.29 is 14.3 Å². The van der Waals surface area contributed by atoms with Gasteiger partial charge in [0, 0.05) is 11.9 Å². The van der Waals surface area contributed by atoms with Gasteiger partial charge in [-0.2, -0.15) is 5.10 Å². The van der Waals surface area contributed by atoms with Crippen LogP contribution in [0.25, 0.3) is 0 Å². The molecule has 148 valence electrons. The maximum Gasteiger partial charge on any atom is 0.246 e. The topological polar surface area (TPSA) is 111 Å². The van der Waals surface area contributed by atoms with E-state index in [-0.39, 0.29) is 30.8 Å². The molecular weight excluding hydrogens is 370 g/mol. The van der Waals surface area contributed by atoms with E-state index in [9.17, 15) is 9.59 Å². The number of hydrogen-bond donors (Lipinski definition) is 3. The lowest BCUT2D eigenvalue weighted by molar-refractivity contribution is -0.118. The number of carbonyl (C=O) groups excluding carboxylic acids is 2. The lowest BCUT2D eigenvalue weighted by Crippen LogP contribution is -2.36. The molecule has 2 amide bonds. The van der Waals surface area contributed by atoms with Crippen LogP contribution in [0.15, 0.2) is 36.7 Å². The van der Waals surface area contributed by atoms with Gasteiger partial charge in [0.2, 0.25) is 11.8 Å². The molecule has 1 aromatic heterocycles. The van der Waals surface area contributed by atoms with Crippen LogP contribution in [0.4, 0.5) is 11.4 Å². The van der Waals surface area contributed by atoms with Crippen molar-refractivity contribution >= 4 is 35.6 Å². The number of amides is 2. The first-order chi connectivity index (χ1) is 12.4. The lowest BCUT2D eigenvalue weighted by atomic mass is 10.0. The molecule has 9 heteroatoms. The van der Waals surface area contributed by atoms with Gasteiger partial charge in [0.05, 0.1) is 25.0 Å². The zero-order chi connectivity index (χ0) is 19.1. The van der Waals surface area contributed by atoms with Gasteiger partial charge in [0.25, 0.3) is 0 Å². The molecule has 0 radical (unpaired) electrons. The summed E-state index contributed by atoms with van der Waals surface area (Å²) in [5, 5.41) is 9.56. The minimum absolute atomic E-state index is 0. The third-order valence-electron chi connectivity index (χ3n) is 3.64. The van der Waals surface area contributed by atoms with Crippen molar-refractivity contribution in [3.8, 4) is 5.75 Å². The second-order valence-electron chi connectivity index (χ2n) is 6.43. The number of rotatable bonds is 8. The highest BCUT2D eigenvalue weighted by molar-refractivity contribution is 5.94. The van der Waals surface area contributed by atoms with Gasteiger partial charge in [-0.05, 0) is 36.6 Å². The van der Waals surface area contributed by atoms with E-state index in [1.165, 1.54) is 10.9 Å². The van der Waals surface area contributed by atoms with Gasteiger partial charge in [0.1, 0.15) is 12.3 Å². The molecule has 27 heavy (non-hydrogen) atoms. The summed E-state index contributed by atoms with van der Waals surface area (Å²) >= 11 is 0. The summed E-state index contributed by atoms with van der Waals surface area (Å²) in [6.07, 6.45) is 3.68. The number of anilines is 2. The van der Waals surface area contributed by atoms with Gasteiger partial charge in [-0.3, -0.25) is 14.3 Å². The monoisotopic (exact) mass is 395 g/mol. The molecule has 0 bridgehead atoms. The molecule has 1 aromatic carbocycles. The van der Waals surface area contributed by atoms with Crippen LogP contribution < -0.4 is 21.1 Å². The summed E-state index contributed by atoms with van der Waals surface area (Å²) in [6, 6.07) is 6.45. The Labute approximate surface area is 164 Å². The number of methoxy groups -OCH3 is 1. The van der Waals surface area contributed by atoms with Crippen molar-refractivity contribution in [3.05, 3.63) is 36.7 Å². The Morgan fingerprint density at radius 1 is 1.19 bits per heavy atom. The van der Waals surface area contributed by atoms with Crippen LogP contribution in [0.1, 0.15) is 20.3 Å². The number of nitrogens with zero attached hydrogens (tertiary/aromatic N) is 2. The van der Waals surface area contributed by atoms with Crippen molar-refractivity contribution in [2.75, 3.05) is 17.7 Å².